The summed E-state index contributed by atoms with van der Waals surface area (Å²) in [4.78, 5) is 0. The molecule has 1 aromatic carbocycles. The SMILES string of the molecule is Cc1cc(C(N)CC2CC2)c(Cl)cc1F. The summed E-state index contributed by atoms with van der Waals surface area (Å²) in [5.41, 5.74) is 7.54. The largest absolute Gasteiger partial charge is 0.324 e. The van der Waals surface area contributed by atoms with Crippen LogP contribution in [-0.2, 0) is 0 Å². The number of aryl methyl sites for hydroxylation is 1. The van der Waals surface area contributed by atoms with Gasteiger partial charge in [0.25, 0.3) is 0 Å². The lowest BCUT2D eigenvalue weighted by Crippen LogP contribution is -2.12. The van der Waals surface area contributed by atoms with Crippen LogP contribution in [-0.4, -0.2) is 0 Å². The van der Waals surface area contributed by atoms with Gasteiger partial charge >= 0.3 is 0 Å². The third-order valence-electron chi connectivity index (χ3n) is 2.96. The van der Waals surface area contributed by atoms with E-state index in [0.717, 1.165) is 17.9 Å². The molecule has 82 valence electrons. The Morgan fingerprint density at radius 2 is 2.20 bits per heavy atom. The van der Waals surface area contributed by atoms with Crippen LogP contribution in [0.25, 0.3) is 0 Å². The van der Waals surface area contributed by atoms with Gasteiger partial charge in [0.1, 0.15) is 5.82 Å². The van der Waals surface area contributed by atoms with Crippen molar-refractivity contribution in [3.8, 4) is 0 Å². The fraction of sp³-hybridized carbons (Fsp3) is 0.500. The normalized spacial score (nSPS) is 17.9. The van der Waals surface area contributed by atoms with Crippen LogP contribution in [0.3, 0.4) is 0 Å². The smallest absolute Gasteiger partial charge is 0.127 e. The molecule has 1 aromatic rings. The maximum absolute atomic E-state index is 13.2. The summed E-state index contributed by atoms with van der Waals surface area (Å²) in [6.45, 7) is 1.74. The summed E-state index contributed by atoms with van der Waals surface area (Å²) in [7, 11) is 0. The molecule has 1 saturated carbocycles. The molecular formula is C12H15ClFN. The lowest BCUT2D eigenvalue weighted by molar-refractivity contribution is 0.588. The molecule has 0 aliphatic heterocycles. The predicted molar refractivity (Wildman–Crippen MR) is 60.4 cm³/mol. The second-order valence-corrected chi connectivity index (χ2v) is 4.82. The van der Waals surface area contributed by atoms with E-state index in [4.69, 9.17) is 17.3 Å². The third kappa shape index (κ3) is 2.50. The Hall–Kier alpha value is -0.600. The van der Waals surface area contributed by atoms with Crippen molar-refractivity contribution in [3.63, 3.8) is 0 Å². The topological polar surface area (TPSA) is 26.0 Å². The number of benzene rings is 1. The Kier molecular flexibility index (Phi) is 2.98. The van der Waals surface area contributed by atoms with Gasteiger partial charge in [-0.3, -0.25) is 0 Å². The van der Waals surface area contributed by atoms with Gasteiger partial charge in [0.05, 0.1) is 0 Å². The van der Waals surface area contributed by atoms with Gasteiger partial charge in [-0.05, 0) is 36.5 Å². The van der Waals surface area contributed by atoms with Gasteiger partial charge in [-0.1, -0.05) is 30.5 Å². The van der Waals surface area contributed by atoms with Gasteiger partial charge in [0, 0.05) is 11.1 Å². The van der Waals surface area contributed by atoms with E-state index in [0.29, 0.717) is 10.6 Å². The van der Waals surface area contributed by atoms with E-state index in [1.807, 2.05) is 0 Å². The number of rotatable bonds is 3. The lowest BCUT2D eigenvalue weighted by atomic mass is 10.00. The molecule has 2 N–H and O–H groups in total. The summed E-state index contributed by atoms with van der Waals surface area (Å²) >= 11 is 5.98. The second-order valence-electron chi connectivity index (χ2n) is 4.41. The first-order valence-corrected chi connectivity index (χ1v) is 5.67. The molecule has 1 aliphatic carbocycles. The van der Waals surface area contributed by atoms with Gasteiger partial charge < -0.3 is 5.73 Å². The van der Waals surface area contributed by atoms with Crippen molar-refractivity contribution in [2.45, 2.75) is 32.2 Å². The minimum Gasteiger partial charge on any atom is -0.324 e. The number of hydrogen-bond donors (Lipinski definition) is 1. The van der Waals surface area contributed by atoms with Gasteiger partial charge in [-0.25, -0.2) is 4.39 Å². The first-order chi connectivity index (χ1) is 7.08. The molecule has 15 heavy (non-hydrogen) atoms. The highest BCUT2D eigenvalue weighted by atomic mass is 35.5. The average molecular weight is 228 g/mol. The molecule has 0 radical (unpaired) electrons. The third-order valence-corrected chi connectivity index (χ3v) is 3.29. The molecule has 0 amide bonds. The summed E-state index contributed by atoms with van der Waals surface area (Å²) in [6, 6.07) is 3.08. The molecule has 0 spiro atoms. The Balaban J connectivity index is 2.21. The minimum absolute atomic E-state index is 0.0516. The molecule has 0 saturated heterocycles. The van der Waals surface area contributed by atoms with E-state index >= 15 is 0 Å². The van der Waals surface area contributed by atoms with Crippen LogP contribution >= 0.6 is 11.6 Å². The van der Waals surface area contributed by atoms with E-state index in [2.05, 4.69) is 0 Å². The van der Waals surface area contributed by atoms with E-state index in [-0.39, 0.29) is 11.9 Å². The molecule has 2 rings (SSSR count). The summed E-state index contributed by atoms with van der Waals surface area (Å²) in [5, 5.41) is 0.450. The van der Waals surface area contributed by atoms with Crippen molar-refractivity contribution < 1.29 is 4.39 Å². The highest BCUT2D eigenvalue weighted by Crippen LogP contribution is 2.38. The molecule has 1 aliphatic rings. The van der Waals surface area contributed by atoms with Gasteiger partial charge in [0.15, 0.2) is 0 Å². The van der Waals surface area contributed by atoms with Gasteiger partial charge in [-0.15, -0.1) is 0 Å². The molecule has 0 heterocycles. The van der Waals surface area contributed by atoms with Crippen molar-refractivity contribution in [3.05, 3.63) is 34.1 Å². The van der Waals surface area contributed by atoms with Crippen LogP contribution in [0.5, 0.6) is 0 Å². The number of hydrogen-bond acceptors (Lipinski definition) is 1. The van der Waals surface area contributed by atoms with E-state index in [1.165, 1.54) is 18.9 Å². The zero-order chi connectivity index (χ0) is 11.0. The van der Waals surface area contributed by atoms with Crippen LogP contribution in [0.1, 0.15) is 36.4 Å². The Labute approximate surface area is 94.4 Å². The first-order valence-electron chi connectivity index (χ1n) is 5.29. The summed E-state index contributed by atoms with van der Waals surface area (Å²) in [5.74, 6) is 0.490. The highest BCUT2D eigenvalue weighted by molar-refractivity contribution is 6.31. The first kappa shape index (κ1) is 10.9. The van der Waals surface area contributed by atoms with Crippen molar-refractivity contribution in [1.29, 1.82) is 0 Å². The molecule has 0 bridgehead atoms. The van der Waals surface area contributed by atoms with Crippen LogP contribution in [0.2, 0.25) is 5.02 Å². The lowest BCUT2D eigenvalue weighted by Gasteiger charge is -2.14. The van der Waals surface area contributed by atoms with E-state index < -0.39 is 0 Å². The Bertz CT molecular complexity index is 374. The second kappa shape index (κ2) is 4.11. The maximum Gasteiger partial charge on any atom is 0.127 e. The summed E-state index contributed by atoms with van der Waals surface area (Å²) < 4.78 is 13.2. The van der Waals surface area contributed by atoms with Crippen molar-refractivity contribution in [2.24, 2.45) is 11.7 Å². The average Bonchev–Trinajstić information content (AvgIpc) is 2.95. The van der Waals surface area contributed by atoms with Crippen LogP contribution in [0, 0.1) is 18.7 Å². The zero-order valence-electron chi connectivity index (χ0n) is 8.76. The molecule has 1 nitrogen and oxygen atoms in total. The zero-order valence-corrected chi connectivity index (χ0v) is 9.52. The minimum atomic E-state index is -0.262. The number of halogens is 2. The van der Waals surface area contributed by atoms with Crippen LogP contribution in [0.15, 0.2) is 12.1 Å². The monoisotopic (exact) mass is 227 g/mol. The van der Waals surface area contributed by atoms with Crippen LogP contribution < -0.4 is 5.73 Å². The Morgan fingerprint density at radius 1 is 1.53 bits per heavy atom. The molecule has 1 atom stereocenters. The molecule has 1 fully saturated rings. The predicted octanol–water partition coefficient (Wildman–Crippen LogP) is 3.59. The van der Waals surface area contributed by atoms with Gasteiger partial charge in [-0.2, -0.15) is 0 Å². The standard InChI is InChI=1S/C12H15ClFN/c1-7-4-9(10(13)6-11(7)14)12(15)5-8-2-3-8/h4,6,8,12H,2-3,5,15H2,1H3. The maximum atomic E-state index is 13.2. The van der Waals surface area contributed by atoms with Crippen molar-refractivity contribution >= 4 is 11.6 Å². The molecule has 0 aromatic heterocycles. The van der Waals surface area contributed by atoms with E-state index in [9.17, 15) is 4.39 Å². The van der Waals surface area contributed by atoms with Crippen molar-refractivity contribution in [2.75, 3.05) is 0 Å². The molecule has 3 heteroatoms. The molecular weight excluding hydrogens is 213 g/mol. The fourth-order valence-electron chi connectivity index (χ4n) is 1.80. The van der Waals surface area contributed by atoms with E-state index in [1.54, 1.807) is 13.0 Å². The highest BCUT2D eigenvalue weighted by Gasteiger charge is 2.25. The fourth-order valence-corrected chi connectivity index (χ4v) is 2.09. The van der Waals surface area contributed by atoms with Gasteiger partial charge in [0.2, 0.25) is 0 Å². The quantitative estimate of drug-likeness (QED) is 0.839. The summed E-state index contributed by atoms with van der Waals surface area (Å²) in [6.07, 6.45) is 3.50. The number of nitrogens with two attached hydrogens (primary N) is 1. The van der Waals surface area contributed by atoms with Crippen LogP contribution in [0.4, 0.5) is 4.39 Å². The van der Waals surface area contributed by atoms with Crippen molar-refractivity contribution in [1.82, 2.24) is 0 Å². The molecule has 1 unspecified atom stereocenters. The Morgan fingerprint density at radius 3 is 2.80 bits per heavy atom.